The second kappa shape index (κ2) is 7.05. The molecule has 1 aliphatic heterocycles. The van der Waals surface area contributed by atoms with Gasteiger partial charge < -0.3 is 5.32 Å². The van der Waals surface area contributed by atoms with Crippen molar-refractivity contribution in [2.24, 2.45) is 0 Å². The molecule has 30 heavy (non-hydrogen) atoms. The Morgan fingerprint density at radius 1 is 0.567 bits per heavy atom. The van der Waals surface area contributed by atoms with Crippen LogP contribution in [0.2, 0.25) is 0 Å². The van der Waals surface area contributed by atoms with Crippen LogP contribution in [0.4, 0.5) is 11.4 Å². The monoisotopic (exact) mass is 739 g/mol. The summed E-state index contributed by atoms with van der Waals surface area (Å²) < 4.78 is 4.68. The first kappa shape index (κ1) is 19.8. The Morgan fingerprint density at radius 3 is 1.50 bits per heavy atom. The molecule has 0 saturated heterocycles. The van der Waals surface area contributed by atoms with Gasteiger partial charge in [-0.05, 0) is 139 Å². The molecule has 1 aliphatic carbocycles. The highest BCUT2D eigenvalue weighted by molar-refractivity contribution is 14.1. The maximum absolute atomic E-state index is 3.74. The SMILES string of the molecule is Brc1ccc2c(c1)C1(c3cc(Br)ccc3N2)c2cc(I)ccc2-c2ccc(I)cc21. The van der Waals surface area contributed by atoms with Gasteiger partial charge >= 0.3 is 0 Å². The van der Waals surface area contributed by atoms with Crippen LogP contribution in [-0.4, -0.2) is 0 Å². The molecule has 0 atom stereocenters. The summed E-state index contributed by atoms with van der Waals surface area (Å²) in [6, 6.07) is 26.9. The minimum Gasteiger partial charge on any atom is -0.355 e. The number of hydrogen-bond acceptors (Lipinski definition) is 1. The van der Waals surface area contributed by atoms with Crippen molar-refractivity contribution < 1.29 is 0 Å². The molecule has 0 amide bonds. The third-order valence-corrected chi connectivity index (χ3v) is 8.43. The van der Waals surface area contributed by atoms with Gasteiger partial charge in [-0.15, -0.1) is 0 Å². The number of nitrogens with one attached hydrogen (secondary N) is 1. The van der Waals surface area contributed by atoms with Crippen LogP contribution in [0.1, 0.15) is 22.3 Å². The fraction of sp³-hybridized carbons (Fsp3) is 0.0400. The number of halogens is 4. The van der Waals surface area contributed by atoms with Crippen LogP contribution in [0.5, 0.6) is 0 Å². The van der Waals surface area contributed by atoms with Crippen molar-refractivity contribution >= 4 is 88.4 Å². The summed E-state index contributed by atoms with van der Waals surface area (Å²) in [4.78, 5) is 0. The van der Waals surface area contributed by atoms with Crippen LogP contribution >= 0.6 is 77.0 Å². The smallest absolute Gasteiger partial charge is 0.0755 e. The van der Waals surface area contributed by atoms with E-state index >= 15 is 0 Å². The topological polar surface area (TPSA) is 12.0 Å². The van der Waals surface area contributed by atoms with Crippen molar-refractivity contribution in [3.63, 3.8) is 0 Å². The van der Waals surface area contributed by atoms with Crippen LogP contribution in [0.25, 0.3) is 11.1 Å². The van der Waals surface area contributed by atoms with E-state index in [9.17, 15) is 0 Å². The van der Waals surface area contributed by atoms with E-state index in [0.29, 0.717) is 0 Å². The molecule has 1 nitrogen and oxygen atoms in total. The van der Waals surface area contributed by atoms with E-state index in [1.165, 1.54) is 40.5 Å². The Kier molecular flexibility index (Phi) is 4.64. The third kappa shape index (κ3) is 2.67. The highest BCUT2D eigenvalue weighted by atomic mass is 127. The Balaban J connectivity index is 1.87. The minimum atomic E-state index is -0.365. The molecular formula is C25H13Br2I2N. The molecule has 4 aromatic carbocycles. The Labute approximate surface area is 219 Å². The Bertz CT molecular complexity index is 1270. The summed E-state index contributed by atoms with van der Waals surface area (Å²) in [5.41, 5.74) is 9.86. The zero-order chi connectivity index (χ0) is 20.6. The maximum atomic E-state index is 3.74. The predicted octanol–water partition coefficient (Wildman–Crippen LogP) is 8.84. The largest absolute Gasteiger partial charge is 0.355 e. The summed E-state index contributed by atoms with van der Waals surface area (Å²) in [5, 5.41) is 3.69. The molecule has 5 heteroatoms. The molecule has 0 aromatic heterocycles. The molecule has 1 spiro atoms. The lowest BCUT2D eigenvalue weighted by atomic mass is 9.65. The van der Waals surface area contributed by atoms with Crippen molar-refractivity contribution in [1.82, 2.24) is 0 Å². The van der Waals surface area contributed by atoms with Gasteiger partial charge in [0.2, 0.25) is 0 Å². The molecule has 0 saturated carbocycles. The summed E-state index contributed by atoms with van der Waals surface area (Å²) >= 11 is 12.4. The Morgan fingerprint density at radius 2 is 1.03 bits per heavy atom. The minimum absolute atomic E-state index is 0.365. The summed E-state index contributed by atoms with van der Waals surface area (Å²) in [5.74, 6) is 0. The number of hydrogen-bond donors (Lipinski definition) is 1. The maximum Gasteiger partial charge on any atom is 0.0755 e. The lowest BCUT2D eigenvalue weighted by molar-refractivity contribution is 0.760. The van der Waals surface area contributed by atoms with Gasteiger partial charge in [0.1, 0.15) is 0 Å². The lowest BCUT2D eigenvalue weighted by Crippen LogP contribution is -2.33. The molecule has 0 radical (unpaired) electrons. The number of rotatable bonds is 0. The van der Waals surface area contributed by atoms with Crippen LogP contribution in [0.15, 0.2) is 81.7 Å². The standard InChI is InChI=1S/C25H13Br2I2N/c26-13-1-7-23-21(9-13)25(22-10-14(27)2-8-24(22)30-23)19-11-15(28)3-5-17(19)18-6-4-16(29)12-20(18)25/h1-12,30H. The first-order valence-corrected chi connectivity index (χ1v) is 13.2. The first-order valence-electron chi connectivity index (χ1n) is 9.46. The zero-order valence-corrected chi connectivity index (χ0v) is 22.9. The average Bonchev–Trinajstić information content (AvgIpc) is 2.99. The van der Waals surface area contributed by atoms with Gasteiger partial charge in [-0.3, -0.25) is 0 Å². The molecule has 6 rings (SSSR count). The van der Waals surface area contributed by atoms with E-state index in [1.54, 1.807) is 0 Å². The van der Waals surface area contributed by atoms with E-state index in [1.807, 2.05) is 0 Å². The second-order valence-corrected chi connectivity index (χ2v) is 12.0. The normalized spacial score (nSPS) is 14.5. The summed E-state index contributed by atoms with van der Waals surface area (Å²) in [6.45, 7) is 0. The van der Waals surface area contributed by atoms with E-state index < -0.39 is 0 Å². The predicted molar refractivity (Wildman–Crippen MR) is 148 cm³/mol. The van der Waals surface area contributed by atoms with Crippen molar-refractivity contribution in [2.45, 2.75) is 5.41 Å². The van der Waals surface area contributed by atoms with E-state index in [4.69, 9.17) is 0 Å². The first-order chi connectivity index (χ1) is 14.5. The van der Waals surface area contributed by atoms with Gasteiger partial charge in [0.05, 0.1) is 5.41 Å². The van der Waals surface area contributed by atoms with E-state index in [0.717, 1.165) is 20.3 Å². The zero-order valence-electron chi connectivity index (χ0n) is 15.4. The molecular weight excluding hydrogens is 728 g/mol. The second-order valence-electron chi connectivity index (χ2n) is 7.63. The molecule has 146 valence electrons. The third-order valence-electron chi connectivity index (χ3n) is 6.10. The van der Waals surface area contributed by atoms with Crippen LogP contribution < -0.4 is 5.32 Å². The van der Waals surface area contributed by atoms with Gasteiger partial charge in [-0.2, -0.15) is 0 Å². The van der Waals surface area contributed by atoms with Crippen molar-refractivity contribution in [3.05, 3.63) is 111 Å². The molecule has 1 N–H and O–H groups in total. The van der Waals surface area contributed by atoms with Gasteiger partial charge in [0.25, 0.3) is 0 Å². The lowest BCUT2D eigenvalue weighted by Gasteiger charge is -2.40. The quantitative estimate of drug-likeness (QED) is 0.154. The van der Waals surface area contributed by atoms with Gasteiger partial charge in [0, 0.05) is 27.5 Å². The fourth-order valence-electron chi connectivity index (χ4n) is 5.01. The van der Waals surface area contributed by atoms with E-state index in [-0.39, 0.29) is 5.41 Å². The number of anilines is 2. The highest BCUT2D eigenvalue weighted by Gasteiger charge is 2.50. The van der Waals surface area contributed by atoms with Gasteiger partial charge in [-0.25, -0.2) is 0 Å². The molecule has 0 bridgehead atoms. The van der Waals surface area contributed by atoms with Crippen LogP contribution in [-0.2, 0) is 5.41 Å². The number of fused-ring (bicyclic) bond motifs is 9. The summed E-state index contributed by atoms with van der Waals surface area (Å²) in [6.07, 6.45) is 0. The summed E-state index contributed by atoms with van der Waals surface area (Å²) in [7, 11) is 0. The van der Waals surface area contributed by atoms with Gasteiger partial charge in [-0.1, -0.05) is 44.0 Å². The van der Waals surface area contributed by atoms with Gasteiger partial charge in [0.15, 0.2) is 0 Å². The van der Waals surface area contributed by atoms with Crippen LogP contribution in [0.3, 0.4) is 0 Å². The molecule has 1 heterocycles. The molecule has 4 aromatic rings. The van der Waals surface area contributed by atoms with Crippen molar-refractivity contribution in [2.75, 3.05) is 5.32 Å². The molecule has 0 fully saturated rings. The molecule has 2 aliphatic rings. The molecule has 0 unspecified atom stereocenters. The number of benzene rings is 4. The Hall–Kier alpha value is -0.900. The van der Waals surface area contributed by atoms with Crippen LogP contribution in [0, 0.1) is 7.14 Å². The fourth-order valence-corrected chi connectivity index (χ4v) is 6.71. The average molecular weight is 741 g/mol. The van der Waals surface area contributed by atoms with Crippen molar-refractivity contribution in [1.29, 1.82) is 0 Å². The van der Waals surface area contributed by atoms with E-state index in [2.05, 4.69) is 155 Å². The van der Waals surface area contributed by atoms with Crippen molar-refractivity contribution in [3.8, 4) is 11.1 Å². The highest BCUT2D eigenvalue weighted by Crippen LogP contribution is 2.61.